The Bertz CT molecular complexity index is 1640. The molecule has 0 heterocycles. The molecule has 0 aliphatic carbocycles. The van der Waals surface area contributed by atoms with E-state index in [9.17, 15) is 19.0 Å². The highest BCUT2D eigenvalue weighted by Crippen LogP contribution is 2.43. The van der Waals surface area contributed by atoms with Gasteiger partial charge in [0.15, 0.2) is 0 Å². The maximum absolute atomic E-state index is 13.6. The molecule has 498 valence electrons. The van der Waals surface area contributed by atoms with Crippen LogP contribution >= 0.6 is 7.82 Å². The van der Waals surface area contributed by atoms with E-state index >= 15 is 0 Å². The van der Waals surface area contributed by atoms with Crippen molar-refractivity contribution >= 4 is 19.7 Å². The zero-order valence-electron chi connectivity index (χ0n) is 57.1. The molecule has 0 aliphatic rings. The summed E-state index contributed by atoms with van der Waals surface area (Å²) in [5, 5.41) is 3.07. The Balaban J connectivity index is 4.99. The number of nitrogens with one attached hydrogen (secondary N) is 1. The smallest absolute Gasteiger partial charge is 0.456 e. The number of rotatable bonds is 67. The van der Waals surface area contributed by atoms with Gasteiger partial charge in [0.1, 0.15) is 19.3 Å². The molecular weight excluding hydrogens is 1070 g/mol. The van der Waals surface area contributed by atoms with Crippen LogP contribution in [-0.2, 0) is 27.9 Å². The van der Waals surface area contributed by atoms with Crippen molar-refractivity contribution in [1.29, 1.82) is 0 Å². The van der Waals surface area contributed by atoms with E-state index < -0.39 is 20.0 Å². The standard InChI is InChI=1S/C75H141N2O7P/c1-7-10-13-16-19-22-25-27-29-31-33-35-37-38-40-42-44-46-48-50-53-56-59-62-65-68-75(79)84-73(66-63-60-57-54-51-24-21-18-15-12-9-3)72(71-83-85(80,81)82-70-69-77(4,5)6)76-74(78)67-64-61-58-55-52-49-47-45-43-41-39-36-34-32-30-28-26-23-20-17-14-11-8-2/h19,22,27,29,33,35,38,40,63,66,72-73H,7-18,20-21,23-26,28,30-32,34,36-37,39,41-62,64-65,67-71H2,1-6H3,(H-,76,78,80,81)/p+1/b22-19-,29-27-,35-33-,40-38-,66-63+. The minimum absolute atomic E-state index is 0.0399. The van der Waals surface area contributed by atoms with Crippen molar-refractivity contribution in [3.63, 3.8) is 0 Å². The van der Waals surface area contributed by atoms with Crippen LogP contribution in [0.15, 0.2) is 60.8 Å². The number of hydrogen-bond donors (Lipinski definition) is 2. The molecule has 3 atom stereocenters. The van der Waals surface area contributed by atoms with Gasteiger partial charge in [0.25, 0.3) is 0 Å². The van der Waals surface area contributed by atoms with Gasteiger partial charge in [0.2, 0.25) is 5.91 Å². The zero-order chi connectivity index (χ0) is 62.1. The van der Waals surface area contributed by atoms with E-state index in [1.807, 2.05) is 33.3 Å². The second kappa shape index (κ2) is 64.7. The van der Waals surface area contributed by atoms with Gasteiger partial charge in [-0.1, -0.05) is 326 Å². The maximum atomic E-state index is 13.6. The molecule has 10 heteroatoms. The fraction of sp³-hybridized carbons (Fsp3) is 0.840. The van der Waals surface area contributed by atoms with Gasteiger partial charge in [-0.2, -0.15) is 0 Å². The summed E-state index contributed by atoms with van der Waals surface area (Å²) in [6.45, 7) is 7.03. The Kier molecular flexibility index (Phi) is 62.9. The van der Waals surface area contributed by atoms with Crippen molar-refractivity contribution in [2.45, 2.75) is 367 Å². The third-order valence-corrected chi connectivity index (χ3v) is 17.4. The summed E-state index contributed by atoms with van der Waals surface area (Å²) in [5.41, 5.74) is 0. The molecular formula is C75H142N2O7P+. The van der Waals surface area contributed by atoms with E-state index in [0.717, 1.165) is 83.5 Å². The van der Waals surface area contributed by atoms with Gasteiger partial charge in [-0.15, -0.1) is 0 Å². The molecule has 0 aromatic rings. The lowest BCUT2D eigenvalue weighted by Gasteiger charge is -2.27. The van der Waals surface area contributed by atoms with Gasteiger partial charge in [0, 0.05) is 12.8 Å². The number of hydrogen-bond acceptors (Lipinski definition) is 6. The van der Waals surface area contributed by atoms with E-state index in [1.165, 1.54) is 238 Å². The average Bonchev–Trinajstić information content (AvgIpc) is 3.58. The Morgan fingerprint density at radius 1 is 0.412 bits per heavy atom. The molecule has 0 aliphatic heterocycles. The largest absolute Gasteiger partial charge is 0.472 e. The Hall–Kier alpha value is -2.29. The number of ether oxygens (including phenoxy) is 1. The molecule has 0 saturated heterocycles. The minimum Gasteiger partial charge on any atom is -0.456 e. The normalized spacial score (nSPS) is 13.8. The van der Waals surface area contributed by atoms with Crippen molar-refractivity contribution in [3.8, 4) is 0 Å². The number of unbranched alkanes of at least 4 members (excludes halogenated alkanes) is 43. The topological polar surface area (TPSA) is 111 Å². The van der Waals surface area contributed by atoms with Gasteiger partial charge < -0.3 is 19.4 Å². The molecule has 0 fully saturated rings. The number of carbonyl (C=O) groups is 2. The molecule has 0 saturated carbocycles. The first-order valence-corrected chi connectivity index (χ1v) is 38.1. The maximum Gasteiger partial charge on any atom is 0.472 e. The quantitative estimate of drug-likeness (QED) is 0.0205. The molecule has 9 nitrogen and oxygen atoms in total. The SMILES string of the molecule is CCCCC/C=C\C/C=C\C/C=C\C/C=C\CCCCCCCCCCCC(=O)OC(/C=C/CCCCCCCCCCC)C(COP(=O)(O)OCC[N+](C)(C)C)NC(=O)CCCCCCCCCCCCCCCCCCCCCCCCC. The molecule has 0 bridgehead atoms. The van der Waals surface area contributed by atoms with E-state index in [0.29, 0.717) is 17.4 Å². The first-order valence-electron chi connectivity index (χ1n) is 36.6. The van der Waals surface area contributed by atoms with Crippen molar-refractivity contribution in [2.24, 2.45) is 0 Å². The second-order valence-electron chi connectivity index (χ2n) is 26.1. The number of phosphoric acid groups is 1. The summed E-state index contributed by atoms with van der Waals surface area (Å²) in [6.07, 6.45) is 83.8. The van der Waals surface area contributed by atoms with E-state index in [2.05, 4.69) is 74.7 Å². The summed E-state index contributed by atoms with van der Waals surface area (Å²) in [4.78, 5) is 37.9. The van der Waals surface area contributed by atoms with Crippen LogP contribution < -0.4 is 5.32 Å². The highest BCUT2D eigenvalue weighted by molar-refractivity contribution is 7.47. The van der Waals surface area contributed by atoms with Crippen LogP contribution in [0.4, 0.5) is 0 Å². The molecule has 3 unspecified atom stereocenters. The minimum atomic E-state index is -4.45. The van der Waals surface area contributed by atoms with Crippen LogP contribution in [0.5, 0.6) is 0 Å². The monoisotopic (exact) mass is 1210 g/mol. The summed E-state index contributed by atoms with van der Waals surface area (Å²) >= 11 is 0. The third kappa shape index (κ3) is 66.0. The van der Waals surface area contributed by atoms with Crippen molar-refractivity contribution in [3.05, 3.63) is 60.8 Å². The molecule has 1 amide bonds. The lowest BCUT2D eigenvalue weighted by Crippen LogP contribution is -2.47. The zero-order valence-corrected chi connectivity index (χ0v) is 58.0. The van der Waals surface area contributed by atoms with Crippen molar-refractivity contribution < 1.29 is 37.3 Å². The third-order valence-electron chi connectivity index (χ3n) is 16.5. The number of esters is 1. The van der Waals surface area contributed by atoms with Gasteiger partial charge in [-0.05, 0) is 76.7 Å². The number of carbonyl (C=O) groups excluding carboxylic acids is 2. The molecule has 0 aromatic carbocycles. The lowest BCUT2D eigenvalue weighted by atomic mass is 10.0. The lowest BCUT2D eigenvalue weighted by molar-refractivity contribution is -0.870. The Labute approximate surface area is 528 Å². The van der Waals surface area contributed by atoms with Crippen LogP contribution in [0.2, 0.25) is 0 Å². The molecule has 0 rings (SSSR count). The average molecular weight is 1210 g/mol. The number of allylic oxidation sites excluding steroid dienone is 9. The van der Waals surface area contributed by atoms with Crippen LogP contribution in [0, 0.1) is 0 Å². The van der Waals surface area contributed by atoms with Gasteiger partial charge in [0.05, 0.1) is 33.8 Å². The highest BCUT2D eigenvalue weighted by Gasteiger charge is 2.30. The van der Waals surface area contributed by atoms with Crippen LogP contribution in [0.3, 0.4) is 0 Å². The van der Waals surface area contributed by atoms with Gasteiger partial charge in [-0.3, -0.25) is 18.6 Å². The number of quaternary nitrogens is 1. The molecule has 0 radical (unpaired) electrons. The molecule has 85 heavy (non-hydrogen) atoms. The summed E-state index contributed by atoms with van der Waals surface area (Å²) in [5.74, 6) is -0.497. The summed E-state index contributed by atoms with van der Waals surface area (Å²) < 4.78 is 30.8. The van der Waals surface area contributed by atoms with Crippen LogP contribution in [0.25, 0.3) is 0 Å². The van der Waals surface area contributed by atoms with Gasteiger partial charge >= 0.3 is 13.8 Å². The number of likely N-dealkylation sites (N-methyl/N-ethyl adjacent to an activating group) is 1. The molecule has 0 spiro atoms. The molecule has 2 N–H and O–H groups in total. The number of amides is 1. The number of nitrogens with zero attached hydrogens (tertiary/aromatic N) is 1. The molecule has 0 aromatic heterocycles. The first-order chi connectivity index (χ1) is 41.4. The van der Waals surface area contributed by atoms with Crippen LogP contribution in [-0.4, -0.2) is 74.3 Å². The predicted octanol–water partition coefficient (Wildman–Crippen LogP) is 23.3. The van der Waals surface area contributed by atoms with E-state index in [-0.39, 0.29) is 31.5 Å². The summed E-state index contributed by atoms with van der Waals surface area (Å²) in [6, 6.07) is -0.851. The van der Waals surface area contributed by atoms with Crippen molar-refractivity contribution in [2.75, 3.05) is 40.9 Å². The van der Waals surface area contributed by atoms with Crippen molar-refractivity contribution in [1.82, 2.24) is 5.32 Å². The fourth-order valence-electron chi connectivity index (χ4n) is 10.8. The second-order valence-corrected chi connectivity index (χ2v) is 27.6. The highest BCUT2D eigenvalue weighted by atomic mass is 31.2. The predicted molar refractivity (Wildman–Crippen MR) is 369 cm³/mol. The van der Waals surface area contributed by atoms with E-state index in [4.69, 9.17) is 13.8 Å². The van der Waals surface area contributed by atoms with Gasteiger partial charge in [-0.25, -0.2) is 4.57 Å². The first kappa shape index (κ1) is 82.7. The fourth-order valence-corrected chi connectivity index (χ4v) is 11.5. The van der Waals surface area contributed by atoms with E-state index in [1.54, 1.807) is 0 Å². The number of phosphoric ester groups is 1. The Morgan fingerprint density at radius 3 is 1.09 bits per heavy atom. The van der Waals surface area contributed by atoms with Crippen LogP contribution in [0.1, 0.15) is 355 Å². The Morgan fingerprint density at radius 2 is 0.718 bits per heavy atom. The summed E-state index contributed by atoms with van der Waals surface area (Å²) in [7, 11) is 1.50.